The van der Waals surface area contributed by atoms with E-state index in [0.29, 0.717) is 29.1 Å². The van der Waals surface area contributed by atoms with Crippen molar-refractivity contribution >= 4 is 15.9 Å². The number of nitrogens with zero attached hydrogens (tertiary/aromatic N) is 4. The highest BCUT2D eigenvalue weighted by molar-refractivity contribution is 9.10. The second kappa shape index (κ2) is 6.87. The Morgan fingerprint density at radius 2 is 2.30 bits per heavy atom. The molecule has 0 bridgehead atoms. The Morgan fingerprint density at radius 1 is 1.50 bits per heavy atom. The number of nitrogens with one attached hydrogen (secondary N) is 1. The Kier molecular flexibility index (Phi) is 5.16. The van der Waals surface area contributed by atoms with Gasteiger partial charge in [0.15, 0.2) is 5.82 Å². The summed E-state index contributed by atoms with van der Waals surface area (Å²) in [5.74, 6) is 0.152. The molecular weight excluding hydrogens is 329 g/mol. The molecule has 1 heterocycles. The van der Waals surface area contributed by atoms with Gasteiger partial charge in [-0.2, -0.15) is 4.68 Å². The zero-order valence-electron chi connectivity index (χ0n) is 11.2. The fraction of sp³-hybridized carbons (Fsp3) is 0.417. The number of ether oxygens (including phenoxy) is 1. The molecular formula is C12H15BrFN5O. The summed E-state index contributed by atoms with van der Waals surface area (Å²) in [6, 6.07) is 4.63. The van der Waals surface area contributed by atoms with Crippen LogP contribution in [0.4, 0.5) is 4.39 Å². The maximum absolute atomic E-state index is 14.0. The monoisotopic (exact) mass is 343 g/mol. The van der Waals surface area contributed by atoms with Crippen LogP contribution >= 0.6 is 15.9 Å². The van der Waals surface area contributed by atoms with E-state index in [2.05, 4.69) is 36.8 Å². The van der Waals surface area contributed by atoms with E-state index in [1.165, 1.54) is 10.7 Å². The second-order valence-corrected chi connectivity index (χ2v) is 5.13. The van der Waals surface area contributed by atoms with Crippen LogP contribution in [0.1, 0.15) is 18.8 Å². The Morgan fingerprint density at radius 3 is 3.00 bits per heavy atom. The lowest BCUT2D eigenvalue weighted by Crippen LogP contribution is -2.25. The van der Waals surface area contributed by atoms with Crippen LogP contribution in [0.25, 0.3) is 5.69 Å². The summed E-state index contributed by atoms with van der Waals surface area (Å²) >= 11 is 3.22. The molecule has 1 N–H and O–H groups in total. The van der Waals surface area contributed by atoms with Crippen LogP contribution in [0.2, 0.25) is 0 Å². The van der Waals surface area contributed by atoms with Gasteiger partial charge in [0.1, 0.15) is 11.5 Å². The molecule has 20 heavy (non-hydrogen) atoms. The van der Waals surface area contributed by atoms with Crippen molar-refractivity contribution in [3.05, 3.63) is 34.3 Å². The molecule has 1 unspecified atom stereocenters. The number of tetrazole rings is 1. The van der Waals surface area contributed by atoms with Crippen molar-refractivity contribution in [2.45, 2.75) is 13.0 Å². The minimum Gasteiger partial charge on any atom is -0.383 e. The van der Waals surface area contributed by atoms with E-state index in [1.54, 1.807) is 19.2 Å². The lowest BCUT2D eigenvalue weighted by atomic mass is 10.2. The third-order valence-electron chi connectivity index (χ3n) is 2.78. The summed E-state index contributed by atoms with van der Waals surface area (Å²) in [6.45, 7) is 3.15. The first kappa shape index (κ1) is 15.0. The SMILES string of the molecule is COCCNC(C)c1nnnn1-c1ccc(Br)cc1F. The fourth-order valence-electron chi connectivity index (χ4n) is 1.76. The van der Waals surface area contributed by atoms with Gasteiger partial charge in [0.2, 0.25) is 0 Å². The van der Waals surface area contributed by atoms with Gasteiger partial charge in [-0.1, -0.05) is 15.9 Å². The molecule has 0 aliphatic rings. The highest BCUT2D eigenvalue weighted by Gasteiger charge is 2.17. The fourth-order valence-corrected chi connectivity index (χ4v) is 2.09. The van der Waals surface area contributed by atoms with Crippen LogP contribution in [0.3, 0.4) is 0 Å². The normalized spacial score (nSPS) is 12.6. The number of benzene rings is 1. The molecule has 0 fully saturated rings. The van der Waals surface area contributed by atoms with Crippen molar-refractivity contribution in [3.8, 4) is 5.69 Å². The van der Waals surface area contributed by atoms with E-state index in [4.69, 9.17) is 4.74 Å². The molecule has 6 nitrogen and oxygen atoms in total. The maximum atomic E-state index is 14.0. The quantitative estimate of drug-likeness (QED) is 0.811. The van der Waals surface area contributed by atoms with Crippen molar-refractivity contribution in [3.63, 3.8) is 0 Å². The zero-order chi connectivity index (χ0) is 14.5. The minimum atomic E-state index is -0.392. The topological polar surface area (TPSA) is 64.9 Å². The van der Waals surface area contributed by atoms with E-state index < -0.39 is 5.82 Å². The first-order chi connectivity index (χ1) is 9.63. The molecule has 1 aromatic carbocycles. The summed E-state index contributed by atoms with van der Waals surface area (Å²) in [7, 11) is 1.63. The summed E-state index contributed by atoms with van der Waals surface area (Å²) in [5, 5.41) is 14.6. The highest BCUT2D eigenvalue weighted by Crippen LogP contribution is 2.20. The molecule has 8 heteroatoms. The maximum Gasteiger partial charge on any atom is 0.173 e. The van der Waals surface area contributed by atoms with Crippen molar-refractivity contribution in [2.24, 2.45) is 0 Å². The predicted octanol–water partition coefficient (Wildman–Crippen LogP) is 1.86. The van der Waals surface area contributed by atoms with E-state index in [9.17, 15) is 4.39 Å². The van der Waals surface area contributed by atoms with E-state index in [-0.39, 0.29) is 6.04 Å². The van der Waals surface area contributed by atoms with Crippen LogP contribution in [-0.4, -0.2) is 40.5 Å². The average molecular weight is 344 g/mol. The number of methoxy groups -OCH3 is 1. The van der Waals surface area contributed by atoms with Gasteiger partial charge < -0.3 is 10.1 Å². The summed E-state index contributed by atoms with van der Waals surface area (Å²) in [4.78, 5) is 0. The average Bonchev–Trinajstić information content (AvgIpc) is 2.88. The highest BCUT2D eigenvalue weighted by atomic mass is 79.9. The molecule has 0 spiro atoms. The lowest BCUT2D eigenvalue weighted by molar-refractivity contribution is 0.196. The van der Waals surface area contributed by atoms with Gasteiger partial charge in [0, 0.05) is 18.1 Å². The first-order valence-electron chi connectivity index (χ1n) is 6.09. The molecule has 2 rings (SSSR count). The van der Waals surface area contributed by atoms with Gasteiger partial charge in [-0.25, -0.2) is 4.39 Å². The second-order valence-electron chi connectivity index (χ2n) is 4.21. The molecule has 0 amide bonds. The molecule has 1 aromatic heterocycles. The van der Waals surface area contributed by atoms with Gasteiger partial charge in [0.25, 0.3) is 0 Å². The van der Waals surface area contributed by atoms with Crippen LogP contribution in [-0.2, 0) is 4.74 Å². The lowest BCUT2D eigenvalue weighted by Gasteiger charge is -2.13. The van der Waals surface area contributed by atoms with Gasteiger partial charge in [0.05, 0.1) is 12.6 Å². The molecule has 1 atom stereocenters. The van der Waals surface area contributed by atoms with Crippen molar-refractivity contribution in [1.82, 2.24) is 25.5 Å². The van der Waals surface area contributed by atoms with Crippen LogP contribution in [0, 0.1) is 5.82 Å². The molecule has 0 aliphatic heterocycles. The first-order valence-corrected chi connectivity index (χ1v) is 6.88. The summed E-state index contributed by atoms with van der Waals surface area (Å²) in [6.07, 6.45) is 0. The van der Waals surface area contributed by atoms with Gasteiger partial charge in [-0.05, 0) is 35.5 Å². The number of halogens is 2. The van der Waals surface area contributed by atoms with E-state index >= 15 is 0 Å². The smallest absolute Gasteiger partial charge is 0.173 e. The summed E-state index contributed by atoms with van der Waals surface area (Å²) in [5.41, 5.74) is 0.314. The third-order valence-corrected chi connectivity index (χ3v) is 3.27. The number of aromatic nitrogens is 4. The number of rotatable bonds is 6. The largest absolute Gasteiger partial charge is 0.383 e. The predicted molar refractivity (Wildman–Crippen MR) is 75.1 cm³/mol. The van der Waals surface area contributed by atoms with Crippen molar-refractivity contribution < 1.29 is 9.13 Å². The van der Waals surface area contributed by atoms with Crippen molar-refractivity contribution in [1.29, 1.82) is 0 Å². The Bertz CT molecular complexity index is 577. The van der Waals surface area contributed by atoms with Gasteiger partial charge >= 0.3 is 0 Å². The Balaban J connectivity index is 2.23. The van der Waals surface area contributed by atoms with Gasteiger partial charge in [-0.15, -0.1) is 5.10 Å². The van der Waals surface area contributed by atoms with Crippen LogP contribution < -0.4 is 5.32 Å². The van der Waals surface area contributed by atoms with E-state index in [0.717, 1.165) is 0 Å². The Hall–Kier alpha value is -1.38. The van der Waals surface area contributed by atoms with Gasteiger partial charge in [-0.3, -0.25) is 0 Å². The molecule has 108 valence electrons. The standard InChI is InChI=1S/C12H15BrFN5O/c1-8(15-5-6-20-2)12-16-17-18-19(12)11-4-3-9(13)7-10(11)14/h3-4,7-8,15H,5-6H2,1-2H3. The molecule has 0 saturated heterocycles. The molecule has 0 radical (unpaired) electrons. The number of hydrogen-bond donors (Lipinski definition) is 1. The zero-order valence-corrected chi connectivity index (χ0v) is 12.8. The van der Waals surface area contributed by atoms with Crippen molar-refractivity contribution in [2.75, 3.05) is 20.3 Å². The molecule has 0 aliphatic carbocycles. The third kappa shape index (κ3) is 3.38. The van der Waals surface area contributed by atoms with Crippen LogP contribution in [0.15, 0.2) is 22.7 Å². The molecule has 2 aromatic rings. The Labute approximate surface area is 124 Å². The van der Waals surface area contributed by atoms with E-state index in [1.807, 2.05) is 6.92 Å². The van der Waals surface area contributed by atoms with Crippen LogP contribution in [0.5, 0.6) is 0 Å². The minimum absolute atomic E-state index is 0.122. The molecule has 0 saturated carbocycles. The summed E-state index contributed by atoms with van der Waals surface area (Å²) < 4.78 is 21.0. The number of hydrogen-bond acceptors (Lipinski definition) is 5.